The molecule has 210 valence electrons. The summed E-state index contributed by atoms with van der Waals surface area (Å²) in [5, 5.41) is 5.29. The molecule has 1 heterocycles. The summed E-state index contributed by atoms with van der Waals surface area (Å²) in [7, 11) is 1.26. The van der Waals surface area contributed by atoms with Crippen molar-refractivity contribution in [1.29, 1.82) is 0 Å². The molecule has 1 aromatic carbocycles. The Labute approximate surface area is 222 Å². The fourth-order valence-corrected chi connectivity index (χ4v) is 4.08. The summed E-state index contributed by atoms with van der Waals surface area (Å²) in [5.41, 5.74) is 0.660. The predicted molar refractivity (Wildman–Crippen MR) is 135 cm³/mol. The fourth-order valence-electron chi connectivity index (χ4n) is 4.08. The number of hydrogen-bond acceptors (Lipinski definition) is 9. The predicted octanol–water partition coefficient (Wildman–Crippen LogP) is 2.18. The first-order valence-corrected chi connectivity index (χ1v) is 12.7. The highest BCUT2D eigenvalue weighted by Gasteiger charge is 2.39. The maximum atomic E-state index is 13.6. The molecule has 0 aliphatic carbocycles. The van der Waals surface area contributed by atoms with E-state index in [0.29, 0.717) is 24.9 Å². The fraction of sp³-hybridized carbons (Fsp3) is 0.577. The highest BCUT2D eigenvalue weighted by Crippen LogP contribution is 2.21. The molecule has 3 amide bonds. The Morgan fingerprint density at radius 3 is 2.24 bits per heavy atom. The highest BCUT2D eigenvalue weighted by molar-refractivity contribution is 5.93. The minimum atomic E-state index is -1.05. The van der Waals surface area contributed by atoms with Crippen molar-refractivity contribution in [3.05, 3.63) is 29.8 Å². The lowest BCUT2D eigenvalue weighted by molar-refractivity contribution is -0.151. The van der Waals surface area contributed by atoms with Crippen LogP contribution in [0.1, 0.15) is 46.1 Å². The van der Waals surface area contributed by atoms with E-state index in [1.54, 1.807) is 52.0 Å². The smallest absolute Gasteiger partial charge is 0.467 e. The van der Waals surface area contributed by atoms with Gasteiger partial charge in [-0.25, -0.2) is 14.4 Å². The summed E-state index contributed by atoms with van der Waals surface area (Å²) < 4.78 is 19.6. The van der Waals surface area contributed by atoms with Gasteiger partial charge in [0, 0.05) is 13.0 Å². The molecule has 2 rings (SSSR count). The van der Waals surface area contributed by atoms with E-state index >= 15 is 0 Å². The molecular weight excluding hydrogens is 498 g/mol. The largest absolute Gasteiger partial charge is 0.513 e. The third-order valence-corrected chi connectivity index (χ3v) is 5.95. The van der Waals surface area contributed by atoms with E-state index in [9.17, 15) is 24.0 Å². The second-order valence-electron chi connectivity index (χ2n) is 8.99. The number of esters is 1. The summed E-state index contributed by atoms with van der Waals surface area (Å²) in [6, 6.07) is 3.64. The number of amides is 3. The van der Waals surface area contributed by atoms with Crippen LogP contribution in [0, 0.1) is 5.92 Å². The lowest BCUT2D eigenvalue weighted by atomic mass is 10.0. The molecule has 12 nitrogen and oxygen atoms in total. The average Bonchev–Trinajstić information content (AvgIpc) is 3.37. The lowest BCUT2D eigenvalue weighted by Crippen LogP contribution is -2.57. The molecule has 1 aliphatic rings. The Balaban J connectivity index is 2.27. The molecule has 0 bridgehead atoms. The van der Waals surface area contributed by atoms with Crippen LogP contribution >= 0.6 is 0 Å². The number of nitrogens with one attached hydrogen (secondary N) is 2. The van der Waals surface area contributed by atoms with E-state index in [1.165, 1.54) is 12.0 Å². The summed E-state index contributed by atoms with van der Waals surface area (Å²) in [6.45, 7) is 7.46. The van der Waals surface area contributed by atoms with Gasteiger partial charge >= 0.3 is 18.2 Å². The number of likely N-dealkylation sites (tertiary alicyclic amines) is 1. The number of methoxy groups -OCH3 is 1. The van der Waals surface area contributed by atoms with Gasteiger partial charge in [0.25, 0.3) is 0 Å². The summed E-state index contributed by atoms with van der Waals surface area (Å²) in [5.74, 6) is -1.59. The Bertz CT molecular complexity index is 981. The van der Waals surface area contributed by atoms with Gasteiger partial charge in [0.1, 0.15) is 23.9 Å². The van der Waals surface area contributed by atoms with Gasteiger partial charge in [-0.2, -0.15) is 0 Å². The number of nitrogens with zero attached hydrogens (tertiary/aromatic N) is 1. The Morgan fingerprint density at radius 1 is 1.00 bits per heavy atom. The van der Waals surface area contributed by atoms with Crippen molar-refractivity contribution in [2.45, 2.75) is 65.1 Å². The topological polar surface area (TPSA) is 150 Å². The maximum absolute atomic E-state index is 13.6. The summed E-state index contributed by atoms with van der Waals surface area (Å²) in [4.78, 5) is 64.1. The van der Waals surface area contributed by atoms with Crippen LogP contribution in [-0.4, -0.2) is 79.9 Å². The number of rotatable bonds is 11. The minimum absolute atomic E-state index is 0.0822. The standard InChI is InChI=1S/C26H37N3O9/c1-6-36-25(33)28-21(16(3)4)22(30)27-19(23(31)29-14-8-9-20(29)24(32)35-5)15-17-10-12-18(13-11-17)38-26(34)37-7-2/h10-13,16,19-21H,6-9,14-15H2,1-5H3,(H,27,30)(H,28,33). The maximum Gasteiger partial charge on any atom is 0.513 e. The van der Waals surface area contributed by atoms with Crippen molar-refractivity contribution in [3.63, 3.8) is 0 Å². The van der Waals surface area contributed by atoms with Crippen LogP contribution in [0.25, 0.3) is 0 Å². The van der Waals surface area contributed by atoms with E-state index in [-0.39, 0.29) is 31.3 Å². The lowest BCUT2D eigenvalue weighted by Gasteiger charge is -2.30. The van der Waals surface area contributed by atoms with E-state index in [2.05, 4.69) is 10.6 Å². The van der Waals surface area contributed by atoms with Crippen molar-refractivity contribution in [3.8, 4) is 5.75 Å². The van der Waals surface area contributed by atoms with E-state index in [4.69, 9.17) is 18.9 Å². The van der Waals surface area contributed by atoms with Crippen molar-refractivity contribution >= 4 is 30.0 Å². The molecule has 3 atom stereocenters. The van der Waals surface area contributed by atoms with Crippen LogP contribution in [0.2, 0.25) is 0 Å². The quantitative estimate of drug-likeness (QED) is 0.247. The molecule has 0 radical (unpaired) electrons. The van der Waals surface area contributed by atoms with Gasteiger partial charge in [-0.05, 0) is 50.3 Å². The number of ether oxygens (including phenoxy) is 4. The molecule has 38 heavy (non-hydrogen) atoms. The first-order chi connectivity index (χ1) is 18.1. The van der Waals surface area contributed by atoms with Gasteiger partial charge in [-0.3, -0.25) is 9.59 Å². The molecular formula is C26H37N3O9. The zero-order valence-electron chi connectivity index (χ0n) is 22.5. The average molecular weight is 536 g/mol. The molecule has 0 aromatic heterocycles. The second-order valence-corrected chi connectivity index (χ2v) is 8.99. The zero-order valence-corrected chi connectivity index (χ0v) is 22.5. The SMILES string of the molecule is CCOC(=O)NC(C(=O)NC(Cc1ccc(OC(=O)OCC)cc1)C(=O)N1CCCC1C(=O)OC)C(C)C. The van der Waals surface area contributed by atoms with Crippen LogP contribution in [0.5, 0.6) is 5.75 Å². The molecule has 0 saturated carbocycles. The van der Waals surface area contributed by atoms with E-state index < -0.39 is 48.2 Å². The normalized spacial score (nSPS) is 16.3. The number of alkyl carbamates (subject to hydrolysis) is 1. The molecule has 2 N–H and O–H groups in total. The number of carbonyl (C=O) groups excluding carboxylic acids is 5. The van der Waals surface area contributed by atoms with Gasteiger partial charge in [0.05, 0.1) is 20.3 Å². The third-order valence-electron chi connectivity index (χ3n) is 5.95. The molecule has 1 fully saturated rings. The number of hydrogen-bond donors (Lipinski definition) is 2. The van der Waals surface area contributed by atoms with Crippen molar-refractivity contribution in [1.82, 2.24) is 15.5 Å². The van der Waals surface area contributed by atoms with Gasteiger partial charge in [-0.15, -0.1) is 0 Å². The Kier molecular flexibility index (Phi) is 11.8. The van der Waals surface area contributed by atoms with Crippen LogP contribution in [0.4, 0.5) is 9.59 Å². The first kappa shape index (κ1) is 30.4. The summed E-state index contributed by atoms with van der Waals surface area (Å²) >= 11 is 0. The van der Waals surface area contributed by atoms with Crippen molar-refractivity contribution < 1.29 is 42.9 Å². The number of carbonyl (C=O) groups is 5. The Hall–Kier alpha value is -3.83. The first-order valence-electron chi connectivity index (χ1n) is 12.7. The van der Waals surface area contributed by atoms with Crippen LogP contribution < -0.4 is 15.4 Å². The second kappa shape index (κ2) is 14.8. The molecule has 3 unspecified atom stereocenters. The van der Waals surface area contributed by atoms with Crippen LogP contribution in [0.3, 0.4) is 0 Å². The van der Waals surface area contributed by atoms with Gasteiger partial charge in [0.2, 0.25) is 11.8 Å². The highest BCUT2D eigenvalue weighted by atomic mass is 16.7. The molecule has 1 aliphatic heterocycles. The van der Waals surface area contributed by atoms with Crippen molar-refractivity contribution in [2.24, 2.45) is 5.92 Å². The third kappa shape index (κ3) is 8.63. The molecule has 0 spiro atoms. The zero-order chi connectivity index (χ0) is 28.2. The monoisotopic (exact) mass is 535 g/mol. The van der Waals surface area contributed by atoms with Crippen LogP contribution in [-0.2, 0) is 35.0 Å². The Morgan fingerprint density at radius 2 is 1.66 bits per heavy atom. The molecule has 12 heteroatoms. The minimum Gasteiger partial charge on any atom is -0.467 e. The van der Waals surface area contributed by atoms with E-state index in [0.717, 1.165) is 0 Å². The molecule has 1 saturated heterocycles. The van der Waals surface area contributed by atoms with Crippen LogP contribution in [0.15, 0.2) is 24.3 Å². The van der Waals surface area contributed by atoms with Crippen molar-refractivity contribution in [2.75, 3.05) is 26.9 Å². The molecule has 1 aromatic rings. The van der Waals surface area contributed by atoms with E-state index in [1.807, 2.05) is 0 Å². The number of benzene rings is 1. The van der Waals surface area contributed by atoms with Gasteiger partial charge < -0.3 is 34.5 Å². The van der Waals surface area contributed by atoms with Gasteiger partial charge in [0.15, 0.2) is 0 Å². The van der Waals surface area contributed by atoms with Gasteiger partial charge in [-0.1, -0.05) is 26.0 Å². The summed E-state index contributed by atoms with van der Waals surface area (Å²) in [6.07, 6.45) is -0.425.